The van der Waals surface area contributed by atoms with Crippen molar-refractivity contribution in [3.63, 3.8) is 0 Å². The molecule has 3 N–H and O–H groups in total. The largest absolute Gasteiger partial charge is 0.478 e. The van der Waals surface area contributed by atoms with E-state index in [1.807, 2.05) is 0 Å². The number of benzene rings is 3. The fraction of sp³-hybridized carbons (Fsp3) is 0.148. The lowest BCUT2D eigenvalue weighted by molar-refractivity contribution is 0.0652. The SMILES string of the molecule is CCOC(=O)N=c1ccc2c(-c3cccc(C(=O)O)c3C(=O)O)c3ccc(NC(=O)OCC)cc3oc-2c1. The Morgan fingerprint density at radius 3 is 2.34 bits per heavy atom. The highest BCUT2D eigenvalue weighted by atomic mass is 16.5. The van der Waals surface area contributed by atoms with E-state index in [1.54, 1.807) is 32.0 Å². The molecule has 1 heterocycles. The summed E-state index contributed by atoms with van der Waals surface area (Å²) in [6, 6.07) is 13.5. The Labute approximate surface area is 215 Å². The molecule has 11 nitrogen and oxygen atoms in total. The van der Waals surface area contributed by atoms with Crippen LogP contribution >= 0.6 is 0 Å². The van der Waals surface area contributed by atoms with E-state index >= 15 is 0 Å². The van der Waals surface area contributed by atoms with Crippen molar-refractivity contribution in [2.24, 2.45) is 4.99 Å². The normalized spacial score (nSPS) is 11.4. The lowest BCUT2D eigenvalue weighted by Gasteiger charge is -2.18. The van der Waals surface area contributed by atoms with Crippen molar-refractivity contribution in [3.8, 4) is 22.5 Å². The van der Waals surface area contributed by atoms with Gasteiger partial charge < -0.3 is 24.1 Å². The molecule has 2 aromatic rings. The number of nitrogens with zero attached hydrogens (tertiary/aromatic N) is 1. The number of hydrogen-bond acceptors (Lipinski definition) is 7. The lowest BCUT2D eigenvalue weighted by Crippen LogP contribution is -2.13. The number of carboxylic acids is 2. The Kier molecular flexibility index (Phi) is 7.38. The standard InChI is InChI=1S/C27H22N2O9/c1-3-36-26(34)28-14-8-10-16-20(12-14)38-21-13-15(29-27(35)37-4-2)9-11-17(21)22(16)18-6-5-7-19(24(30)31)23(18)25(32)33/h5-13H,3-4H2,1-2H3,(H,28,34)(H,30,31)(H,32,33). The van der Waals surface area contributed by atoms with Gasteiger partial charge in [-0.2, -0.15) is 4.99 Å². The molecule has 194 valence electrons. The summed E-state index contributed by atoms with van der Waals surface area (Å²) in [5.41, 5.74) is 0.768. The molecule has 0 unspecified atom stereocenters. The number of anilines is 1. The fourth-order valence-electron chi connectivity index (χ4n) is 4.03. The van der Waals surface area contributed by atoms with Crippen molar-refractivity contribution in [2.45, 2.75) is 13.8 Å². The van der Waals surface area contributed by atoms with Crippen LogP contribution in [0, 0.1) is 0 Å². The third kappa shape index (κ3) is 5.16. The molecule has 0 saturated heterocycles. The molecule has 0 fully saturated rings. The average Bonchev–Trinajstić information content (AvgIpc) is 2.86. The minimum Gasteiger partial charge on any atom is -0.478 e. The zero-order valence-electron chi connectivity index (χ0n) is 20.3. The molecule has 0 atom stereocenters. The molecule has 2 aliphatic rings. The van der Waals surface area contributed by atoms with Crippen LogP contribution in [0.1, 0.15) is 34.6 Å². The van der Waals surface area contributed by atoms with E-state index in [0.29, 0.717) is 22.2 Å². The summed E-state index contributed by atoms with van der Waals surface area (Å²) in [5.74, 6) is -2.59. The van der Waals surface area contributed by atoms with E-state index < -0.39 is 29.7 Å². The molecule has 0 bridgehead atoms. The number of rotatable bonds is 6. The summed E-state index contributed by atoms with van der Waals surface area (Å²) in [5, 5.41) is 22.9. The molecule has 0 spiro atoms. The number of ether oxygens (including phenoxy) is 2. The fourth-order valence-corrected chi connectivity index (χ4v) is 4.03. The molecular weight excluding hydrogens is 496 g/mol. The second kappa shape index (κ2) is 10.8. The molecule has 38 heavy (non-hydrogen) atoms. The summed E-state index contributed by atoms with van der Waals surface area (Å²) < 4.78 is 15.9. The molecule has 0 saturated carbocycles. The van der Waals surface area contributed by atoms with Gasteiger partial charge in [-0.1, -0.05) is 12.1 Å². The van der Waals surface area contributed by atoms with E-state index in [0.717, 1.165) is 0 Å². The minimum atomic E-state index is -1.42. The van der Waals surface area contributed by atoms with Crippen LogP contribution in [-0.4, -0.2) is 47.6 Å². The van der Waals surface area contributed by atoms with Crippen molar-refractivity contribution >= 4 is 40.8 Å². The van der Waals surface area contributed by atoms with Crippen molar-refractivity contribution in [2.75, 3.05) is 18.5 Å². The first-order chi connectivity index (χ1) is 18.2. The summed E-state index contributed by atoms with van der Waals surface area (Å²) in [4.78, 5) is 51.8. The number of aromatic carboxylic acids is 2. The molecule has 0 aromatic heterocycles. The zero-order valence-corrected chi connectivity index (χ0v) is 20.3. The third-order valence-corrected chi connectivity index (χ3v) is 5.49. The smallest absolute Gasteiger partial charge is 0.434 e. The van der Waals surface area contributed by atoms with Crippen LogP contribution in [0.3, 0.4) is 0 Å². The Morgan fingerprint density at radius 1 is 0.895 bits per heavy atom. The van der Waals surface area contributed by atoms with Gasteiger partial charge in [-0.25, -0.2) is 19.2 Å². The number of fused-ring (bicyclic) bond motifs is 2. The van der Waals surface area contributed by atoms with Gasteiger partial charge in [0.1, 0.15) is 11.3 Å². The van der Waals surface area contributed by atoms with E-state index in [1.165, 1.54) is 36.4 Å². The number of hydrogen-bond donors (Lipinski definition) is 3. The van der Waals surface area contributed by atoms with E-state index in [9.17, 15) is 29.4 Å². The number of nitrogens with one attached hydrogen (secondary N) is 1. The van der Waals surface area contributed by atoms with Gasteiger partial charge in [0, 0.05) is 34.3 Å². The third-order valence-electron chi connectivity index (χ3n) is 5.49. The van der Waals surface area contributed by atoms with Crippen LogP contribution in [0.4, 0.5) is 15.3 Å². The van der Waals surface area contributed by atoms with Crippen LogP contribution < -0.4 is 10.7 Å². The predicted octanol–water partition coefficient (Wildman–Crippen LogP) is 5.23. The van der Waals surface area contributed by atoms with Crippen molar-refractivity contribution in [1.29, 1.82) is 0 Å². The maximum atomic E-state index is 12.3. The van der Waals surface area contributed by atoms with Gasteiger partial charge in [0.2, 0.25) is 0 Å². The van der Waals surface area contributed by atoms with Crippen LogP contribution in [0.25, 0.3) is 33.4 Å². The second-order valence-corrected chi connectivity index (χ2v) is 7.86. The van der Waals surface area contributed by atoms with Crippen molar-refractivity contribution in [3.05, 3.63) is 71.1 Å². The molecule has 1 aliphatic carbocycles. The number of carbonyl (C=O) groups is 4. The quantitative estimate of drug-likeness (QED) is 0.290. The first-order valence-electron chi connectivity index (χ1n) is 11.5. The summed E-state index contributed by atoms with van der Waals surface area (Å²) in [6.07, 6.45) is -1.47. The first-order valence-corrected chi connectivity index (χ1v) is 11.5. The maximum absolute atomic E-state index is 12.3. The zero-order chi connectivity index (χ0) is 27.4. The molecule has 1 aliphatic heterocycles. The topological polar surface area (TPSA) is 165 Å². The monoisotopic (exact) mass is 518 g/mol. The average molecular weight is 518 g/mol. The first kappa shape index (κ1) is 25.9. The molecule has 2 aromatic carbocycles. The maximum Gasteiger partial charge on any atom is 0.434 e. The highest BCUT2D eigenvalue weighted by Gasteiger charge is 2.26. The van der Waals surface area contributed by atoms with Crippen molar-refractivity contribution < 1.29 is 43.3 Å². The predicted molar refractivity (Wildman–Crippen MR) is 135 cm³/mol. The van der Waals surface area contributed by atoms with Crippen LogP contribution in [0.2, 0.25) is 0 Å². The van der Waals surface area contributed by atoms with Gasteiger partial charge >= 0.3 is 24.1 Å². The second-order valence-electron chi connectivity index (χ2n) is 7.86. The number of amides is 2. The number of carbonyl (C=O) groups excluding carboxylic acids is 2. The van der Waals surface area contributed by atoms with Gasteiger partial charge in [-0.05, 0) is 49.7 Å². The molecule has 0 radical (unpaired) electrons. The molecule has 4 rings (SSSR count). The Bertz CT molecular complexity index is 1620. The van der Waals surface area contributed by atoms with Crippen LogP contribution in [-0.2, 0) is 9.47 Å². The Morgan fingerprint density at radius 2 is 1.66 bits per heavy atom. The molecular formula is C27H22N2O9. The van der Waals surface area contributed by atoms with E-state index in [2.05, 4.69) is 10.3 Å². The summed E-state index contributed by atoms with van der Waals surface area (Å²) >= 11 is 0. The lowest BCUT2D eigenvalue weighted by atomic mass is 9.88. The Hall–Kier alpha value is -5.19. The Balaban J connectivity index is 2.06. The van der Waals surface area contributed by atoms with Crippen LogP contribution in [0.5, 0.6) is 0 Å². The van der Waals surface area contributed by atoms with Gasteiger partial charge in [0.25, 0.3) is 0 Å². The molecule has 11 heteroatoms. The highest BCUT2D eigenvalue weighted by Crippen LogP contribution is 2.42. The van der Waals surface area contributed by atoms with Gasteiger partial charge in [0.15, 0.2) is 0 Å². The van der Waals surface area contributed by atoms with E-state index in [4.69, 9.17) is 13.9 Å². The van der Waals surface area contributed by atoms with Gasteiger partial charge in [0.05, 0.1) is 29.7 Å². The van der Waals surface area contributed by atoms with Gasteiger partial charge in [-0.15, -0.1) is 0 Å². The summed E-state index contributed by atoms with van der Waals surface area (Å²) in [6.45, 7) is 3.62. The van der Waals surface area contributed by atoms with E-state index in [-0.39, 0.29) is 41.0 Å². The van der Waals surface area contributed by atoms with Crippen LogP contribution in [0.15, 0.2) is 64.0 Å². The van der Waals surface area contributed by atoms with Gasteiger partial charge in [-0.3, -0.25) is 5.32 Å². The summed E-state index contributed by atoms with van der Waals surface area (Å²) in [7, 11) is 0. The minimum absolute atomic E-state index is 0.142. The number of carboxylic acid groups (broad SMARTS) is 2. The molecule has 2 amide bonds. The highest BCUT2D eigenvalue weighted by molar-refractivity contribution is 6.12. The van der Waals surface area contributed by atoms with Crippen molar-refractivity contribution in [1.82, 2.24) is 0 Å².